The van der Waals surface area contributed by atoms with E-state index in [4.69, 9.17) is 4.55 Å². The fourth-order valence-electron chi connectivity index (χ4n) is 3.45. The molecule has 0 aliphatic heterocycles. The largest absolute Gasteiger partial charge is 0.471 e. The summed E-state index contributed by atoms with van der Waals surface area (Å²) in [7, 11) is -8.11. The van der Waals surface area contributed by atoms with Crippen LogP contribution >= 0.6 is 0 Å². The Morgan fingerprint density at radius 1 is 0.449 bits per heavy atom. The van der Waals surface area contributed by atoms with E-state index in [1.807, 2.05) is 0 Å². The Morgan fingerprint density at radius 3 is 0.939 bits per heavy atom. The number of ether oxygens (including phenoxy) is 1. The van der Waals surface area contributed by atoms with Crippen molar-refractivity contribution < 1.29 is 106 Å². The molecule has 0 saturated heterocycles. The van der Waals surface area contributed by atoms with Crippen molar-refractivity contribution in [3.05, 3.63) is 29.3 Å². The number of hydrogen-bond acceptors (Lipinski definition) is 3. The van der Waals surface area contributed by atoms with Crippen LogP contribution in [0.4, 0.5) is 87.8 Å². The van der Waals surface area contributed by atoms with E-state index in [1.54, 1.807) is 0 Å². The van der Waals surface area contributed by atoms with Crippen molar-refractivity contribution in [2.45, 2.75) is 111 Å². The molecule has 0 heterocycles. The van der Waals surface area contributed by atoms with Gasteiger partial charge in [-0.05, 0) is 34.1 Å². The SMILES string of the molecule is CC(C)(C)c1cc(OC(F)(F)C(F)(F)C(F)(F)C(F)(F)C(F)(F)C(F)(F)C(F)(F)C(F)(F)C(F)(F)C(F)(F)S(=O)(=O)O)cc(C(C)(C)C)c1. The normalized spacial score (nSPS) is 16.2. The Kier molecular flexibility index (Phi) is 10.5. The smallest absolute Gasteiger partial charge is 0.428 e. The Bertz CT molecular complexity index is 1470. The highest BCUT2D eigenvalue weighted by Crippen LogP contribution is 2.66. The van der Waals surface area contributed by atoms with E-state index >= 15 is 0 Å². The summed E-state index contributed by atoms with van der Waals surface area (Å²) in [6.45, 7) is 8.09. The molecule has 0 amide bonds. The van der Waals surface area contributed by atoms with Crippen molar-refractivity contribution in [2.24, 2.45) is 0 Å². The summed E-state index contributed by atoms with van der Waals surface area (Å²) in [6, 6.07) is 2.03. The quantitative estimate of drug-likeness (QED) is 0.169. The summed E-state index contributed by atoms with van der Waals surface area (Å²) in [5, 5.41) is -8.06. The molecular formula is C24H22F20O4S. The van der Waals surface area contributed by atoms with Crippen molar-refractivity contribution in [3.8, 4) is 5.75 Å². The maximum absolute atomic E-state index is 14.5. The van der Waals surface area contributed by atoms with Crippen molar-refractivity contribution in [1.29, 1.82) is 0 Å². The maximum Gasteiger partial charge on any atom is 0.471 e. The lowest BCUT2D eigenvalue weighted by Gasteiger charge is -2.44. The molecule has 1 aromatic carbocycles. The molecule has 1 rings (SSSR count). The average molecular weight is 786 g/mol. The molecule has 1 aromatic rings. The minimum absolute atomic E-state index is 0.128. The van der Waals surface area contributed by atoms with Gasteiger partial charge in [0.2, 0.25) is 0 Å². The van der Waals surface area contributed by atoms with Crippen LogP contribution in [0.25, 0.3) is 0 Å². The van der Waals surface area contributed by atoms with Gasteiger partial charge in [-0.3, -0.25) is 4.55 Å². The van der Waals surface area contributed by atoms with Crippen molar-refractivity contribution >= 4 is 10.1 Å². The van der Waals surface area contributed by atoms with E-state index in [0.29, 0.717) is 12.1 Å². The molecule has 0 atom stereocenters. The van der Waals surface area contributed by atoms with Gasteiger partial charge in [-0.2, -0.15) is 96.2 Å². The van der Waals surface area contributed by atoms with E-state index in [-0.39, 0.29) is 11.1 Å². The van der Waals surface area contributed by atoms with Gasteiger partial charge in [-0.15, -0.1) is 0 Å². The fourth-order valence-corrected chi connectivity index (χ4v) is 3.90. The Balaban J connectivity index is 3.91. The first-order chi connectivity index (χ1) is 20.8. The van der Waals surface area contributed by atoms with Crippen LogP contribution in [0.15, 0.2) is 18.2 Å². The summed E-state index contributed by atoms with van der Waals surface area (Å²) in [4.78, 5) is 0. The molecule has 0 aliphatic rings. The first-order valence-corrected chi connectivity index (χ1v) is 13.8. The zero-order chi connectivity index (χ0) is 40.1. The van der Waals surface area contributed by atoms with Crippen LogP contribution in [-0.4, -0.2) is 71.7 Å². The summed E-state index contributed by atoms with van der Waals surface area (Å²) in [6.07, 6.45) is -7.24. The molecule has 4 nitrogen and oxygen atoms in total. The summed E-state index contributed by atoms with van der Waals surface area (Å²) >= 11 is 0. The minimum atomic E-state index is -9.36. The number of benzene rings is 1. The zero-order valence-electron chi connectivity index (χ0n) is 24.9. The van der Waals surface area contributed by atoms with Gasteiger partial charge in [-0.25, -0.2) is 0 Å². The number of alkyl halides is 20. The third kappa shape index (κ3) is 6.35. The molecule has 0 saturated carbocycles. The van der Waals surface area contributed by atoms with Crippen molar-refractivity contribution in [1.82, 2.24) is 0 Å². The molecule has 0 spiro atoms. The monoisotopic (exact) mass is 786 g/mol. The van der Waals surface area contributed by atoms with Gasteiger partial charge in [0.15, 0.2) is 0 Å². The Labute approximate surface area is 262 Å². The van der Waals surface area contributed by atoms with Crippen molar-refractivity contribution in [3.63, 3.8) is 0 Å². The van der Waals surface area contributed by atoms with Crippen LogP contribution in [0.3, 0.4) is 0 Å². The minimum Gasteiger partial charge on any atom is -0.428 e. The van der Waals surface area contributed by atoms with Crippen LogP contribution in [0.1, 0.15) is 52.7 Å². The predicted molar refractivity (Wildman–Crippen MR) is 125 cm³/mol. The highest BCUT2D eigenvalue weighted by molar-refractivity contribution is 7.87. The third-order valence-electron chi connectivity index (χ3n) is 6.70. The van der Waals surface area contributed by atoms with Gasteiger partial charge in [0.05, 0.1) is 0 Å². The van der Waals surface area contributed by atoms with Crippen LogP contribution in [0.5, 0.6) is 5.75 Å². The highest BCUT2D eigenvalue weighted by Gasteiger charge is 2.98. The van der Waals surface area contributed by atoms with E-state index < -0.39 is 85.4 Å². The first-order valence-electron chi connectivity index (χ1n) is 12.4. The lowest BCUT2D eigenvalue weighted by atomic mass is 9.80. The summed E-state index contributed by atoms with van der Waals surface area (Å²) < 4.78 is 312. The topological polar surface area (TPSA) is 63.6 Å². The van der Waals surface area contributed by atoms with Gasteiger partial charge >= 0.3 is 68.9 Å². The van der Waals surface area contributed by atoms with Gasteiger partial charge in [0, 0.05) is 0 Å². The molecule has 25 heteroatoms. The van der Waals surface area contributed by atoms with Gasteiger partial charge < -0.3 is 4.74 Å². The summed E-state index contributed by atoms with van der Waals surface area (Å²) in [5.74, 6) is -73.6. The fraction of sp³-hybridized carbons (Fsp3) is 0.750. The second-order valence-corrected chi connectivity index (χ2v) is 13.9. The van der Waals surface area contributed by atoms with E-state index in [1.165, 1.54) is 47.6 Å². The number of rotatable bonds is 12. The van der Waals surface area contributed by atoms with Gasteiger partial charge in [0.1, 0.15) is 5.75 Å². The van der Waals surface area contributed by atoms with E-state index in [2.05, 4.69) is 4.74 Å². The molecule has 0 bridgehead atoms. The number of halogens is 20. The lowest BCUT2D eigenvalue weighted by molar-refractivity contribution is -0.474. The number of hydrogen-bond donors (Lipinski definition) is 1. The standard InChI is InChI=1S/C24H22F20O4S/c1-13(2,3)10-7-11(14(4,5)6)9-12(8-10)48-23(41,42)21(37,38)19(33,34)17(29,30)15(25,26)16(27,28)18(31,32)20(35,36)22(39,40)24(43,44)49(45,46)47/h7-9H,1-6H3,(H,45,46,47). The Hall–Kier alpha value is -2.47. The molecule has 0 aromatic heterocycles. The second kappa shape index (κ2) is 11.5. The van der Waals surface area contributed by atoms with Crippen LogP contribution < -0.4 is 4.74 Å². The van der Waals surface area contributed by atoms with E-state index in [9.17, 15) is 96.2 Å². The molecule has 288 valence electrons. The third-order valence-corrected chi connectivity index (χ3v) is 7.60. The Morgan fingerprint density at radius 2 is 0.694 bits per heavy atom. The molecule has 0 unspecified atom stereocenters. The van der Waals surface area contributed by atoms with Crippen LogP contribution in [0.2, 0.25) is 0 Å². The van der Waals surface area contributed by atoms with Crippen LogP contribution in [-0.2, 0) is 20.9 Å². The molecule has 49 heavy (non-hydrogen) atoms. The van der Waals surface area contributed by atoms with E-state index in [0.717, 1.165) is 0 Å². The molecular weight excluding hydrogens is 764 g/mol. The van der Waals surface area contributed by atoms with Crippen LogP contribution in [0, 0.1) is 0 Å². The summed E-state index contributed by atoms with van der Waals surface area (Å²) in [5.41, 5.74) is -2.51. The lowest BCUT2D eigenvalue weighted by Crippen LogP contribution is -2.77. The molecule has 0 aliphatic carbocycles. The van der Waals surface area contributed by atoms with Gasteiger partial charge in [0.25, 0.3) is 0 Å². The zero-order valence-corrected chi connectivity index (χ0v) is 25.7. The second-order valence-electron chi connectivity index (χ2n) is 12.5. The molecule has 0 radical (unpaired) electrons. The highest BCUT2D eigenvalue weighted by atomic mass is 32.2. The maximum atomic E-state index is 14.5. The average Bonchev–Trinajstić information content (AvgIpc) is 2.85. The predicted octanol–water partition coefficient (Wildman–Crippen LogP) is 9.82. The molecule has 0 fully saturated rings. The van der Waals surface area contributed by atoms with Crippen molar-refractivity contribution in [2.75, 3.05) is 0 Å². The first kappa shape index (κ1) is 44.6. The van der Waals surface area contributed by atoms with Gasteiger partial charge in [-0.1, -0.05) is 47.6 Å². The molecule has 1 N–H and O–H groups in total.